The summed E-state index contributed by atoms with van der Waals surface area (Å²) in [5.74, 6) is -2.31. The number of halogens is 5. The van der Waals surface area contributed by atoms with Gasteiger partial charge in [0.1, 0.15) is 11.4 Å². The average Bonchev–Trinajstić information content (AvgIpc) is 3.33. The van der Waals surface area contributed by atoms with E-state index in [0.29, 0.717) is 0 Å². The van der Waals surface area contributed by atoms with Crippen molar-refractivity contribution in [3.05, 3.63) is 80.7 Å². The highest BCUT2D eigenvalue weighted by Crippen LogP contribution is 2.37. The van der Waals surface area contributed by atoms with Crippen LogP contribution in [0.3, 0.4) is 0 Å². The number of rotatable bonds is 7. The van der Waals surface area contributed by atoms with E-state index in [1.165, 1.54) is 6.07 Å². The lowest BCUT2D eigenvalue weighted by Crippen LogP contribution is -2.59. The van der Waals surface area contributed by atoms with Crippen molar-refractivity contribution >= 4 is 34.8 Å². The van der Waals surface area contributed by atoms with Gasteiger partial charge in [0.2, 0.25) is 5.91 Å². The number of hydrogen-bond donors (Lipinski definition) is 4. The van der Waals surface area contributed by atoms with Crippen LogP contribution in [0.1, 0.15) is 28.0 Å². The summed E-state index contributed by atoms with van der Waals surface area (Å²) >= 11 is 5.67. The second-order valence-electron chi connectivity index (χ2n) is 8.32. The maximum Gasteiger partial charge on any atom is 0.418 e. The first kappa shape index (κ1) is 27.0. The molecule has 1 fully saturated rings. The lowest BCUT2D eigenvalue weighted by molar-refractivity contribution is -0.137. The van der Waals surface area contributed by atoms with Crippen molar-refractivity contribution in [3.63, 3.8) is 0 Å². The topological polar surface area (TPSA) is 138 Å². The number of nitrogens with zero attached hydrogens (tertiary/aromatic N) is 2. The van der Waals surface area contributed by atoms with Crippen LogP contribution < -0.4 is 21.5 Å². The van der Waals surface area contributed by atoms with Gasteiger partial charge in [-0.05, 0) is 18.2 Å². The summed E-state index contributed by atoms with van der Waals surface area (Å²) in [5, 5.41) is 13.1. The number of benzene rings is 1. The zero-order valence-electron chi connectivity index (χ0n) is 19.3. The smallest absolute Gasteiger partial charge is 0.378 e. The molecule has 1 aliphatic heterocycles. The zero-order chi connectivity index (χ0) is 27.5. The highest BCUT2D eigenvalue weighted by Gasteiger charge is 2.44. The van der Waals surface area contributed by atoms with Crippen molar-refractivity contribution < 1.29 is 31.9 Å². The molecule has 1 saturated heterocycles. The molecule has 1 aromatic carbocycles. The minimum Gasteiger partial charge on any atom is -0.378 e. The largest absolute Gasteiger partial charge is 0.418 e. The number of H-pyrrole nitrogens is 1. The van der Waals surface area contributed by atoms with Gasteiger partial charge in [-0.15, -0.1) is 0 Å². The third-order valence-corrected chi connectivity index (χ3v) is 5.87. The molecule has 1 unspecified atom stereocenters. The molecule has 10 nitrogen and oxygen atoms in total. The molecule has 0 aliphatic carbocycles. The normalized spacial score (nSPS) is 17.2. The van der Waals surface area contributed by atoms with Crippen LogP contribution in [0.15, 0.2) is 47.5 Å². The Morgan fingerprint density at radius 2 is 1.97 bits per heavy atom. The first-order valence-electron chi connectivity index (χ1n) is 11.0. The monoisotopic (exact) mass is 554 g/mol. The quantitative estimate of drug-likeness (QED) is 0.329. The first-order chi connectivity index (χ1) is 18.0. The van der Waals surface area contributed by atoms with Crippen LogP contribution in [0.25, 0.3) is 0 Å². The molecule has 1 atom stereocenters. The molecule has 38 heavy (non-hydrogen) atoms. The summed E-state index contributed by atoms with van der Waals surface area (Å²) in [6, 6.07) is 5.04. The standard InChI is InChI=1S/C23H19ClF4N6O4/c24-13-1-2-17(15(6-13)23(26,27)28)32-14-7-16(25)18(29-9-14)10-30-21(37)22(3-4-38-11-22)33-20(36)12-5-19(35)34-31-8-12/h1-2,5-9,32H,3-4,10-11H2,(H,30,37)(H,33,36)(H,34,35). The van der Waals surface area contributed by atoms with Crippen molar-refractivity contribution in [2.24, 2.45) is 0 Å². The third kappa shape index (κ3) is 6.08. The van der Waals surface area contributed by atoms with E-state index in [0.717, 1.165) is 36.7 Å². The molecule has 0 bridgehead atoms. The van der Waals surface area contributed by atoms with E-state index in [2.05, 4.69) is 31.1 Å². The molecular weight excluding hydrogens is 536 g/mol. The Morgan fingerprint density at radius 3 is 2.63 bits per heavy atom. The fourth-order valence-corrected chi connectivity index (χ4v) is 3.87. The molecule has 1 aliphatic rings. The SMILES string of the molecule is O=C(NC1(C(=O)NCc2ncc(Nc3ccc(Cl)cc3C(F)(F)F)cc2F)CCOC1)c1cn[nH]c(=O)c1. The number of amides is 2. The van der Waals surface area contributed by atoms with E-state index >= 15 is 0 Å². The lowest BCUT2D eigenvalue weighted by Gasteiger charge is -2.27. The Kier molecular flexibility index (Phi) is 7.64. The molecule has 0 saturated carbocycles. The molecule has 4 N–H and O–H groups in total. The third-order valence-electron chi connectivity index (χ3n) is 5.64. The van der Waals surface area contributed by atoms with Crippen molar-refractivity contribution in [2.75, 3.05) is 18.5 Å². The van der Waals surface area contributed by atoms with Crippen LogP contribution in [0.5, 0.6) is 0 Å². The highest BCUT2D eigenvalue weighted by atomic mass is 35.5. The van der Waals surface area contributed by atoms with E-state index in [4.69, 9.17) is 16.3 Å². The minimum atomic E-state index is -4.70. The lowest BCUT2D eigenvalue weighted by atomic mass is 9.96. The van der Waals surface area contributed by atoms with Gasteiger partial charge in [0.15, 0.2) is 0 Å². The summed E-state index contributed by atoms with van der Waals surface area (Å²) in [5.41, 5.74) is -3.82. The molecule has 3 heterocycles. The summed E-state index contributed by atoms with van der Waals surface area (Å²) in [4.78, 5) is 40.9. The molecule has 2 aromatic heterocycles. The highest BCUT2D eigenvalue weighted by molar-refractivity contribution is 6.30. The summed E-state index contributed by atoms with van der Waals surface area (Å²) in [6.07, 6.45) is -2.36. The van der Waals surface area contributed by atoms with Gasteiger partial charge in [-0.3, -0.25) is 19.4 Å². The van der Waals surface area contributed by atoms with Gasteiger partial charge in [-0.25, -0.2) is 9.49 Å². The van der Waals surface area contributed by atoms with Gasteiger partial charge >= 0.3 is 6.18 Å². The van der Waals surface area contributed by atoms with Gasteiger partial charge in [-0.2, -0.15) is 18.3 Å². The zero-order valence-corrected chi connectivity index (χ0v) is 20.0. The van der Waals surface area contributed by atoms with Gasteiger partial charge in [0.05, 0.1) is 53.7 Å². The number of nitrogens with one attached hydrogen (secondary N) is 4. The number of aromatic nitrogens is 3. The number of carbonyl (C=O) groups is 2. The number of aromatic amines is 1. The second kappa shape index (κ2) is 10.8. The molecule has 200 valence electrons. The second-order valence-corrected chi connectivity index (χ2v) is 8.76. The van der Waals surface area contributed by atoms with Crippen LogP contribution in [-0.2, 0) is 22.3 Å². The number of alkyl halides is 3. The van der Waals surface area contributed by atoms with E-state index in [-0.39, 0.29) is 53.8 Å². The van der Waals surface area contributed by atoms with Crippen LogP contribution in [-0.4, -0.2) is 45.7 Å². The summed E-state index contributed by atoms with van der Waals surface area (Å²) < 4.78 is 60.0. The Morgan fingerprint density at radius 1 is 1.18 bits per heavy atom. The van der Waals surface area contributed by atoms with E-state index in [9.17, 15) is 31.9 Å². The molecule has 0 spiro atoms. The van der Waals surface area contributed by atoms with Crippen LogP contribution >= 0.6 is 11.6 Å². The maximum absolute atomic E-state index is 14.7. The number of hydrogen-bond acceptors (Lipinski definition) is 7. The minimum absolute atomic E-state index is 0.0650. The fourth-order valence-electron chi connectivity index (χ4n) is 3.70. The van der Waals surface area contributed by atoms with Crippen LogP contribution in [0, 0.1) is 5.82 Å². The molecule has 4 rings (SSSR count). The predicted octanol–water partition coefficient (Wildman–Crippen LogP) is 2.93. The van der Waals surface area contributed by atoms with Gasteiger partial charge in [-0.1, -0.05) is 11.6 Å². The maximum atomic E-state index is 14.7. The van der Waals surface area contributed by atoms with Crippen LogP contribution in [0.4, 0.5) is 28.9 Å². The van der Waals surface area contributed by atoms with Crippen molar-refractivity contribution in [1.82, 2.24) is 25.8 Å². The van der Waals surface area contributed by atoms with E-state index < -0.39 is 40.5 Å². The van der Waals surface area contributed by atoms with Crippen molar-refractivity contribution in [1.29, 1.82) is 0 Å². The van der Waals surface area contributed by atoms with Crippen molar-refractivity contribution in [2.45, 2.75) is 24.7 Å². The molecule has 15 heteroatoms. The summed E-state index contributed by atoms with van der Waals surface area (Å²) in [7, 11) is 0. The van der Waals surface area contributed by atoms with Gasteiger partial charge < -0.3 is 20.7 Å². The Labute approximate surface area is 216 Å². The fraction of sp³-hybridized carbons (Fsp3) is 0.261. The number of pyridine rings is 1. The Hall–Kier alpha value is -4.04. The average molecular weight is 555 g/mol. The summed E-state index contributed by atoms with van der Waals surface area (Å²) in [6.45, 7) is -0.384. The van der Waals surface area contributed by atoms with Crippen molar-refractivity contribution in [3.8, 4) is 0 Å². The molecular formula is C23H19ClF4N6O4. The predicted molar refractivity (Wildman–Crippen MR) is 126 cm³/mol. The number of anilines is 2. The number of ether oxygens (including phenoxy) is 1. The Bertz CT molecular complexity index is 1430. The Balaban J connectivity index is 1.45. The van der Waals surface area contributed by atoms with Crippen LogP contribution in [0.2, 0.25) is 5.02 Å². The van der Waals surface area contributed by atoms with Gasteiger partial charge in [0.25, 0.3) is 11.5 Å². The van der Waals surface area contributed by atoms with E-state index in [1.54, 1.807) is 0 Å². The molecule has 3 aromatic rings. The van der Waals surface area contributed by atoms with E-state index in [1.807, 2.05) is 0 Å². The molecule has 2 amide bonds. The van der Waals surface area contributed by atoms with Gasteiger partial charge in [0, 0.05) is 30.2 Å². The molecule has 0 radical (unpaired) electrons. The first-order valence-corrected chi connectivity index (χ1v) is 11.4. The number of carbonyl (C=O) groups excluding carboxylic acids is 2.